The molecule has 0 aromatic heterocycles. The van der Waals surface area contributed by atoms with Crippen molar-refractivity contribution in [3.8, 4) is 0 Å². The zero-order valence-electron chi connectivity index (χ0n) is 9.25. The zero-order chi connectivity index (χ0) is 10.9. The van der Waals surface area contributed by atoms with Gasteiger partial charge in [-0.05, 0) is 6.42 Å². The van der Waals surface area contributed by atoms with Gasteiger partial charge in [0.05, 0.1) is 13.2 Å². The molecule has 1 atom stereocenters. The van der Waals surface area contributed by atoms with Crippen LogP contribution in [0.2, 0.25) is 0 Å². The SMILES string of the molecule is COCCCC(=O)NCC1COCCN1. The fraction of sp³-hybridized carbons (Fsp3) is 0.900. The van der Waals surface area contributed by atoms with Crippen molar-refractivity contribution in [2.75, 3.05) is 40.0 Å². The van der Waals surface area contributed by atoms with E-state index in [1.165, 1.54) is 0 Å². The van der Waals surface area contributed by atoms with Gasteiger partial charge in [0.2, 0.25) is 5.91 Å². The molecule has 0 aliphatic carbocycles. The Labute approximate surface area is 90.5 Å². The number of carbonyl (C=O) groups is 1. The Morgan fingerprint density at radius 1 is 1.67 bits per heavy atom. The molecule has 0 saturated carbocycles. The van der Waals surface area contributed by atoms with Crippen molar-refractivity contribution in [1.82, 2.24) is 10.6 Å². The first-order valence-corrected chi connectivity index (χ1v) is 5.39. The molecular formula is C10H20N2O3. The maximum Gasteiger partial charge on any atom is 0.220 e. The van der Waals surface area contributed by atoms with Crippen LogP contribution in [-0.4, -0.2) is 52.0 Å². The number of morpholine rings is 1. The normalized spacial score (nSPS) is 21.3. The largest absolute Gasteiger partial charge is 0.385 e. The number of amides is 1. The molecule has 88 valence electrons. The fourth-order valence-corrected chi connectivity index (χ4v) is 1.45. The Bertz CT molecular complexity index is 182. The molecule has 5 nitrogen and oxygen atoms in total. The van der Waals surface area contributed by atoms with Crippen LogP contribution in [0.25, 0.3) is 0 Å². The maximum absolute atomic E-state index is 11.3. The first kappa shape index (κ1) is 12.4. The number of carbonyl (C=O) groups excluding carboxylic acids is 1. The highest BCUT2D eigenvalue weighted by molar-refractivity contribution is 5.75. The van der Waals surface area contributed by atoms with Gasteiger partial charge in [0.25, 0.3) is 0 Å². The molecule has 5 heteroatoms. The van der Waals surface area contributed by atoms with E-state index in [1.54, 1.807) is 7.11 Å². The molecule has 1 amide bonds. The van der Waals surface area contributed by atoms with Crippen molar-refractivity contribution in [3.05, 3.63) is 0 Å². The molecule has 0 spiro atoms. The average Bonchev–Trinajstić information content (AvgIpc) is 2.28. The third-order valence-electron chi connectivity index (χ3n) is 2.30. The van der Waals surface area contributed by atoms with Crippen molar-refractivity contribution in [1.29, 1.82) is 0 Å². The van der Waals surface area contributed by atoms with Crippen LogP contribution in [0.15, 0.2) is 0 Å². The van der Waals surface area contributed by atoms with Gasteiger partial charge in [-0.15, -0.1) is 0 Å². The van der Waals surface area contributed by atoms with E-state index in [4.69, 9.17) is 9.47 Å². The van der Waals surface area contributed by atoms with Crippen LogP contribution in [0.4, 0.5) is 0 Å². The fourth-order valence-electron chi connectivity index (χ4n) is 1.45. The maximum atomic E-state index is 11.3. The van der Waals surface area contributed by atoms with Gasteiger partial charge in [-0.1, -0.05) is 0 Å². The van der Waals surface area contributed by atoms with Gasteiger partial charge < -0.3 is 20.1 Å². The van der Waals surface area contributed by atoms with Gasteiger partial charge in [-0.25, -0.2) is 0 Å². The van der Waals surface area contributed by atoms with Gasteiger partial charge in [-0.3, -0.25) is 4.79 Å². The minimum Gasteiger partial charge on any atom is -0.385 e. The van der Waals surface area contributed by atoms with Crippen molar-refractivity contribution >= 4 is 5.91 Å². The molecule has 0 aromatic carbocycles. The van der Waals surface area contributed by atoms with Crippen LogP contribution in [0.1, 0.15) is 12.8 Å². The zero-order valence-corrected chi connectivity index (χ0v) is 9.25. The number of hydrogen-bond acceptors (Lipinski definition) is 4. The highest BCUT2D eigenvalue weighted by atomic mass is 16.5. The summed E-state index contributed by atoms with van der Waals surface area (Å²) in [5.74, 6) is 0.0828. The van der Waals surface area contributed by atoms with Gasteiger partial charge in [0.1, 0.15) is 0 Å². The van der Waals surface area contributed by atoms with Gasteiger partial charge in [-0.2, -0.15) is 0 Å². The standard InChI is InChI=1S/C10H20N2O3/c1-14-5-2-3-10(13)12-7-9-8-15-6-4-11-9/h9,11H,2-8H2,1H3,(H,12,13). The first-order valence-electron chi connectivity index (χ1n) is 5.39. The van der Waals surface area contributed by atoms with E-state index < -0.39 is 0 Å². The highest BCUT2D eigenvalue weighted by Gasteiger charge is 2.13. The highest BCUT2D eigenvalue weighted by Crippen LogP contribution is 1.93. The summed E-state index contributed by atoms with van der Waals surface area (Å²) in [5, 5.41) is 6.15. The molecule has 1 aliphatic heterocycles. The topological polar surface area (TPSA) is 59.6 Å². The first-order chi connectivity index (χ1) is 7.33. The van der Waals surface area contributed by atoms with E-state index in [1.807, 2.05) is 0 Å². The lowest BCUT2D eigenvalue weighted by atomic mass is 10.2. The van der Waals surface area contributed by atoms with Crippen molar-refractivity contribution < 1.29 is 14.3 Å². The summed E-state index contributed by atoms with van der Waals surface area (Å²) in [4.78, 5) is 11.3. The predicted octanol–water partition coefficient (Wildman–Crippen LogP) is -0.482. The van der Waals surface area contributed by atoms with Gasteiger partial charge in [0.15, 0.2) is 0 Å². The molecule has 1 heterocycles. The Kier molecular flexibility index (Phi) is 6.31. The third kappa shape index (κ3) is 5.71. The molecule has 2 N–H and O–H groups in total. The quantitative estimate of drug-likeness (QED) is 0.589. The minimum absolute atomic E-state index is 0.0828. The van der Waals surface area contributed by atoms with E-state index in [2.05, 4.69) is 10.6 Å². The molecular weight excluding hydrogens is 196 g/mol. The van der Waals surface area contributed by atoms with E-state index in [0.29, 0.717) is 26.2 Å². The second kappa shape index (κ2) is 7.62. The Morgan fingerprint density at radius 3 is 3.20 bits per heavy atom. The van der Waals surface area contributed by atoms with E-state index in [0.717, 1.165) is 19.6 Å². The van der Waals surface area contributed by atoms with E-state index in [9.17, 15) is 4.79 Å². The van der Waals surface area contributed by atoms with E-state index in [-0.39, 0.29) is 11.9 Å². The van der Waals surface area contributed by atoms with Crippen LogP contribution in [0.3, 0.4) is 0 Å². The predicted molar refractivity (Wildman–Crippen MR) is 56.7 cm³/mol. The van der Waals surface area contributed by atoms with Gasteiger partial charge >= 0.3 is 0 Å². The van der Waals surface area contributed by atoms with Crippen LogP contribution in [0, 0.1) is 0 Å². The van der Waals surface area contributed by atoms with Crippen LogP contribution in [-0.2, 0) is 14.3 Å². The Balaban J connectivity index is 2.00. The molecule has 1 fully saturated rings. The van der Waals surface area contributed by atoms with E-state index >= 15 is 0 Å². The van der Waals surface area contributed by atoms with Crippen LogP contribution >= 0.6 is 0 Å². The second-order valence-corrected chi connectivity index (χ2v) is 3.63. The lowest BCUT2D eigenvalue weighted by molar-refractivity contribution is -0.121. The summed E-state index contributed by atoms with van der Waals surface area (Å²) >= 11 is 0. The van der Waals surface area contributed by atoms with Crippen molar-refractivity contribution in [3.63, 3.8) is 0 Å². The molecule has 1 aliphatic rings. The lowest BCUT2D eigenvalue weighted by Crippen LogP contribution is -2.48. The number of methoxy groups -OCH3 is 1. The number of ether oxygens (including phenoxy) is 2. The smallest absolute Gasteiger partial charge is 0.220 e. The minimum atomic E-state index is 0.0828. The molecule has 1 rings (SSSR count). The van der Waals surface area contributed by atoms with Crippen molar-refractivity contribution in [2.24, 2.45) is 0 Å². The summed E-state index contributed by atoms with van der Waals surface area (Å²) in [7, 11) is 1.64. The monoisotopic (exact) mass is 216 g/mol. The number of rotatable bonds is 6. The Morgan fingerprint density at radius 2 is 2.53 bits per heavy atom. The third-order valence-corrected chi connectivity index (χ3v) is 2.30. The number of nitrogens with one attached hydrogen (secondary N) is 2. The molecule has 1 saturated heterocycles. The molecule has 0 bridgehead atoms. The lowest BCUT2D eigenvalue weighted by Gasteiger charge is -2.23. The molecule has 1 unspecified atom stereocenters. The second-order valence-electron chi connectivity index (χ2n) is 3.63. The summed E-state index contributed by atoms with van der Waals surface area (Å²) in [6, 6.07) is 0.255. The number of hydrogen-bond donors (Lipinski definition) is 2. The van der Waals surface area contributed by atoms with Crippen molar-refractivity contribution in [2.45, 2.75) is 18.9 Å². The van der Waals surface area contributed by atoms with Gasteiger partial charge in [0, 0.05) is 39.3 Å². The molecule has 15 heavy (non-hydrogen) atoms. The molecule has 0 radical (unpaired) electrons. The summed E-state index contributed by atoms with van der Waals surface area (Å²) in [6.45, 7) is 3.59. The summed E-state index contributed by atoms with van der Waals surface area (Å²) in [5.41, 5.74) is 0. The van der Waals surface area contributed by atoms with Crippen LogP contribution < -0.4 is 10.6 Å². The average molecular weight is 216 g/mol. The molecule has 0 aromatic rings. The summed E-state index contributed by atoms with van der Waals surface area (Å²) < 4.78 is 10.2. The Hall–Kier alpha value is -0.650. The van der Waals surface area contributed by atoms with Crippen LogP contribution in [0.5, 0.6) is 0 Å². The summed E-state index contributed by atoms with van der Waals surface area (Å²) in [6.07, 6.45) is 1.30.